The predicted octanol–water partition coefficient (Wildman–Crippen LogP) is 3.58. The first kappa shape index (κ1) is 13.2. The third kappa shape index (κ3) is 3.89. The lowest BCUT2D eigenvalue weighted by Crippen LogP contribution is -2.44. The van der Waals surface area contributed by atoms with E-state index in [-0.39, 0.29) is 0 Å². The molecule has 2 nitrogen and oxygen atoms in total. The SMILES string of the molecule is CC(C)(C)[Si](C)(C)O[C@H]1CCCOCC1. The summed E-state index contributed by atoms with van der Waals surface area (Å²) in [6.45, 7) is 13.3. The van der Waals surface area contributed by atoms with Gasteiger partial charge in [0.2, 0.25) is 0 Å². The second-order valence-electron chi connectivity index (χ2n) is 6.04. The molecular weight excluding hydrogens is 204 g/mol. The van der Waals surface area contributed by atoms with E-state index in [9.17, 15) is 0 Å². The van der Waals surface area contributed by atoms with Gasteiger partial charge in [0.15, 0.2) is 8.32 Å². The molecule has 15 heavy (non-hydrogen) atoms. The minimum atomic E-state index is -1.57. The van der Waals surface area contributed by atoms with E-state index >= 15 is 0 Å². The smallest absolute Gasteiger partial charge is 0.192 e. The normalized spacial score (nSPS) is 25.0. The minimum Gasteiger partial charge on any atom is -0.414 e. The second-order valence-corrected chi connectivity index (χ2v) is 10.8. The van der Waals surface area contributed by atoms with Gasteiger partial charge in [-0.3, -0.25) is 0 Å². The molecule has 1 atom stereocenters. The quantitative estimate of drug-likeness (QED) is 0.675. The van der Waals surface area contributed by atoms with Gasteiger partial charge in [-0.05, 0) is 37.4 Å². The van der Waals surface area contributed by atoms with Crippen LogP contribution in [0.1, 0.15) is 40.0 Å². The Balaban J connectivity index is 2.51. The summed E-state index contributed by atoms with van der Waals surface area (Å²) < 4.78 is 11.8. The highest BCUT2D eigenvalue weighted by Gasteiger charge is 2.39. The zero-order chi connectivity index (χ0) is 11.5. The highest BCUT2D eigenvalue weighted by molar-refractivity contribution is 6.74. The van der Waals surface area contributed by atoms with E-state index < -0.39 is 8.32 Å². The first-order chi connectivity index (χ1) is 6.83. The van der Waals surface area contributed by atoms with Gasteiger partial charge in [-0.1, -0.05) is 20.8 Å². The van der Waals surface area contributed by atoms with Crippen LogP contribution < -0.4 is 0 Å². The van der Waals surface area contributed by atoms with Gasteiger partial charge in [-0.2, -0.15) is 0 Å². The average molecular weight is 230 g/mol. The van der Waals surface area contributed by atoms with E-state index in [1.54, 1.807) is 0 Å². The molecule has 0 saturated carbocycles. The molecule has 1 fully saturated rings. The van der Waals surface area contributed by atoms with E-state index in [4.69, 9.17) is 9.16 Å². The van der Waals surface area contributed by atoms with E-state index in [0.717, 1.165) is 26.1 Å². The summed E-state index contributed by atoms with van der Waals surface area (Å²) >= 11 is 0. The molecule has 0 spiro atoms. The first-order valence-electron chi connectivity index (χ1n) is 6.08. The van der Waals surface area contributed by atoms with Gasteiger partial charge in [-0.25, -0.2) is 0 Å². The van der Waals surface area contributed by atoms with E-state index in [1.807, 2.05) is 0 Å². The van der Waals surface area contributed by atoms with Crippen molar-refractivity contribution in [1.82, 2.24) is 0 Å². The number of ether oxygens (including phenoxy) is 1. The summed E-state index contributed by atoms with van der Waals surface area (Å²) in [5.74, 6) is 0. The molecule has 0 N–H and O–H groups in total. The van der Waals surface area contributed by atoms with Crippen LogP contribution in [-0.2, 0) is 9.16 Å². The molecule has 1 saturated heterocycles. The molecule has 0 bridgehead atoms. The molecule has 0 amide bonds. The summed E-state index contributed by atoms with van der Waals surface area (Å²) in [6.07, 6.45) is 3.84. The van der Waals surface area contributed by atoms with Crippen LogP contribution in [0.5, 0.6) is 0 Å². The molecular formula is C12H26O2Si. The maximum atomic E-state index is 6.38. The van der Waals surface area contributed by atoms with Gasteiger partial charge in [-0.15, -0.1) is 0 Å². The van der Waals surface area contributed by atoms with E-state index in [1.165, 1.54) is 6.42 Å². The third-order valence-electron chi connectivity index (χ3n) is 3.67. The van der Waals surface area contributed by atoms with Crippen LogP contribution in [0.2, 0.25) is 18.1 Å². The zero-order valence-corrected chi connectivity index (χ0v) is 11.9. The van der Waals surface area contributed by atoms with Crippen LogP contribution in [0.3, 0.4) is 0 Å². The van der Waals surface area contributed by atoms with Crippen molar-refractivity contribution in [3.8, 4) is 0 Å². The number of hydrogen-bond donors (Lipinski definition) is 0. The monoisotopic (exact) mass is 230 g/mol. The van der Waals surface area contributed by atoms with Crippen molar-refractivity contribution < 1.29 is 9.16 Å². The van der Waals surface area contributed by atoms with Crippen molar-refractivity contribution in [3.05, 3.63) is 0 Å². The van der Waals surface area contributed by atoms with Crippen LogP contribution in [0.4, 0.5) is 0 Å². The first-order valence-corrected chi connectivity index (χ1v) is 8.99. The topological polar surface area (TPSA) is 18.5 Å². The van der Waals surface area contributed by atoms with E-state index in [0.29, 0.717) is 11.1 Å². The van der Waals surface area contributed by atoms with E-state index in [2.05, 4.69) is 33.9 Å². The Morgan fingerprint density at radius 1 is 1.13 bits per heavy atom. The van der Waals surface area contributed by atoms with Crippen molar-refractivity contribution in [3.63, 3.8) is 0 Å². The Morgan fingerprint density at radius 3 is 2.40 bits per heavy atom. The standard InChI is InChI=1S/C12H26O2Si/c1-12(2,3)15(4,5)14-11-7-6-9-13-10-8-11/h11H,6-10H2,1-5H3/t11-/m0/s1. The Morgan fingerprint density at radius 2 is 1.80 bits per heavy atom. The average Bonchev–Trinajstić information content (AvgIpc) is 2.30. The van der Waals surface area contributed by atoms with Crippen molar-refractivity contribution in [2.24, 2.45) is 0 Å². The summed E-state index contributed by atoms with van der Waals surface area (Å²) in [5.41, 5.74) is 0. The summed E-state index contributed by atoms with van der Waals surface area (Å²) in [6, 6.07) is 0. The highest BCUT2D eigenvalue weighted by Crippen LogP contribution is 2.38. The van der Waals surface area contributed by atoms with Crippen molar-refractivity contribution in [2.45, 2.75) is 64.3 Å². The maximum absolute atomic E-state index is 6.38. The summed E-state index contributed by atoms with van der Waals surface area (Å²) in [5, 5.41) is 0.320. The van der Waals surface area contributed by atoms with Crippen molar-refractivity contribution in [2.75, 3.05) is 13.2 Å². The summed E-state index contributed by atoms with van der Waals surface area (Å²) in [4.78, 5) is 0. The van der Waals surface area contributed by atoms with Gasteiger partial charge in [0.05, 0.1) is 0 Å². The molecule has 0 aromatic carbocycles. The van der Waals surface area contributed by atoms with Gasteiger partial charge in [0.1, 0.15) is 0 Å². The van der Waals surface area contributed by atoms with Crippen LogP contribution in [0.15, 0.2) is 0 Å². The fraction of sp³-hybridized carbons (Fsp3) is 1.00. The van der Waals surface area contributed by atoms with Gasteiger partial charge < -0.3 is 9.16 Å². The van der Waals surface area contributed by atoms with Crippen molar-refractivity contribution in [1.29, 1.82) is 0 Å². The third-order valence-corrected chi connectivity index (χ3v) is 8.20. The molecule has 1 rings (SSSR count). The molecule has 1 aliphatic rings. The fourth-order valence-electron chi connectivity index (χ4n) is 1.59. The highest BCUT2D eigenvalue weighted by atomic mass is 28.4. The Bertz CT molecular complexity index is 188. The lowest BCUT2D eigenvalue weighted by Gasteiger charge is -2.39. The Kier molecular flexibility index (Phi) is 4.38. The minimum absolute atomic E-state index is 0.320. The number of hydrogen-bond acceptors (Lipinski definition) is 2. The summed E-state index contributed by atoms with van der Waals surface area (Å²) in [7, 11) is -1.57. The fourth-order valence-corrected chi connectivity index (χ4v) is 3.01. The lowest BCUT2D eigenvalue weighted by atomic mass is 10.2. The molecule has 3 heteroatoms. The Hall–Kier alpha value is 0.137. The molecule has 1 aliphatic heterocycles. The van der Waals surface area contributed by atoms with Crippen LogP contribution in [-0.4, -0.2) is 27.6 Å². The number of rotatable bonds is 2. The lowest BCUT2D eigenvalue weighted by molar-refractivity contribution is 0.122. The zero-order valence-electron chi connectivity index (χ0n) is 10.9. The molecule has 0 radical (unpaired) electrons. The largest absolute Gasteiger partial charge is 0.414 e. The molecule has 1 heterocycles. The van der Waals surface area contributed by atoms with Crippen LogP contribution in [0.25, 0.3) is 0 Å². The van der Waals surface area contributed by atoms with Gasteiger partial charge in [0.25, 0.3) is 0 Å². The molecule has 90 valence electrons. The van der Waals surface area contributed by atoms with Crippen LogP contribution >= 0.6 is 0 Å². The molecule has 0 aromatic heterocycles. The molecule has 0 unspecified atom stereocenters. The maximum Gasteiger partial charge on any atom is 0.192 e. The second kappa shape index (κ2) is 4.98. The molecule has 0 aliphatic carbocycles. The Labute approximate surface area is 95.5 Å². The van der Waals surface area contributed by atoms with Crippen molar-refractivity contribution >= 4 is 8.32 Å². The molecule has 0 aromatic rings. The van der Waals surface area contributed by atoms with Crippen LogP contribution in [0, 0.1) is 0 Å². The van der Waals surface area contributed by atoms with Gasteiger partial charge in [0, 0.05) is 19.3 Å². The predicted molar refractivity (Wildman–Crippen MR) is 66.7 cm³/mol. The van der Waals surface area contributed by atoms with Gasteiger partial charge >= 0.3 is 0 Å².